The molecule has 1 saturated heterocycles. The Kier molecular flexibility index (Phi) is 4.27. The van der Waals surface area contributed by atoms with Gasteiger partial charge in [0.05, 0.1) is 6.10 Å². The highest BCUT2D eigenvalue weighted by atomic mass is 16.5. The lowest BCUT2D eigenvalue weighted by Gasteiger charge is -2.37. The molecule has 1 aromatic rings. The van der Waals surface area contributed by atoms with Crippen LogP contribution in [-0.4, -0.2) is 31.8 Å². The van der Waals surface area contributed by atoms with E-state index in [1.54, 1.807) is 0 Å². The fourth-order valence-electron chi connectivity index (χ4n) is 3.75. The van der Waals surface area contributed by atoms with Gasteiger partial charge in [-0.3, -0.25) is 0 Å². The minimum Gasteiger partial charge on any atom is -0.378 e. The fourth-order valence-corrected chi connectivity index (χ4v) is 3.75. The van der Waals surface area contributed by atoms with Crippen molar-refractivity contribution in [2.24, 2.45) is 5.73 Å². The Hall–Kier alpha value is -1.06. The van der Waals surface area contributed by atoms with Gasteiger partial charge in [0.25, 0.3) is 0 Å². The van der Waals surface area contributed by atoms with Crippen molar-refractivity contribution < 1.29 is 4.74 Å². The molecule has 2 aliphatic heterocycles. The van der Waals surface area contributed by atoms with Crippen LogP contribution in [0.3, 0.4) is 0 Å². The highest BCUT2D eigenvalue weighted by molar-refractivity contribution is 5.61. The van der Waals surface area contributed by atoms with Gasteiger partial charge in [-0.2, -0.15) is 0 Å². The average molecular weight is 274 g/mol. The van der Waals surface area contributed by atoms with Crippen LogP contribution >= 0.6 is 0 Å². The normalized spacial score (nSPS) is 29.5. The molecule has 2 heterocycles. The Balaban J connectivity index is 1.80. The first kappa shape index (κ1) is 13.9. The van der Waals surface area contributed by atoms with Crippen molar-refractivity contribution in [3.63, 3.8) is 0 Å². The van der Waals surface area contributed by atoms with E-state index in [4.69, 9.17) is 10.5 Å². The minimum absolute atomic E-state index is 0.439. The zero-order valence-corrected chi connectivity index (χ0v) is 12.4. The molecule has 3 heteroatoms. The maximum Gasteiger partial charge on any atom is 0.0592 e. The predicted octanol–water partition coefficient (Wildman–Crippen LogP) is 2.90. The van der Waals surface area contributed by atoms with Crippen molar-refractivity contribution in [1.29, 1.82) is 0 Å². The van der Waals surface area contributed by atoms with Crippen LogP contribution in [0.1, 0.15) is 44.1 Å². The number of fused-ring (bicyclic) bond motifs is 1. The van der Waals surface area contributed by atoms with Crippen LogP contribution in [0.5, 0.6) is 0 Å². The van der Waals surface area contributed by atoms with Crippen molar-refractivity contribution in [2.45, 2.75) is 50.7 Å². The summed E-state index contributed by atoms with van der Waals surface area (Å²) in [6, 6.07) is 9.52. The van der Waals surface area contributed by atoms with E-state index in [1.165, 1.54) is 17.7 Å². The highest BCUT2D eigenvalue weighted by Gasteiger charge is 2.34. The van der Waals surface area contributed by atoms with Crippen molar-refractivity contribution in [3.8, 4) is 0 Å². The second-order valence-corrected chi connectivity index (χ2v) is 6.06. The van der Waals surface area contributed by atoms with E-state index < -0.39 is 0 Å². The topological polar surface area (TPSA) is 38.5 Å². The quantitative estimate of drug-likeness (QED) is 0.917. The van der Waals surface area contributed by atoms with Crippen molar-refractivity contribution in [2.75, 3.05) is 24.6 Å². The summed E-state index contributed by atoms with van der Waals surface area (Å²) in [4.78, 5) is 2.63. The van der Waals surface area contributed by atoms with E-state index >= 15 is 0 Å². The van der Waals surface area contributed by atoms with Crippen LogP contribution in [0.4, 0.5) is 5.69 Å². The SMILES string of the molecule is CCC1CC(N2CC(CCN)c3ccccc32)CCO1. The molecule has 0 bridgehead atoms. The van der Waals surface area contributed by atoms with E-state index in [0.29, 0.717) is 18.1 Å². The molecular formula is C17H26N2O. The van der Waals surface area contributed by atoms with E-state index in [9.17, 15) is 0 Å². The lowest BCUT2D eigenvalue weighted by atomic mass is 9.98. The molecule has 0 spiro atoms. The molecule has 2 aliphatic rings. The van der Waals surface area contributed by atoms with Gasteiger partial charge in [0.1, 0.15) is 0 Å². The molecule has 0 radical (unpaired) electrons. The average Bonchev–Trinajstić information content (AvgIpc) is 2.87. The number of anilines is 1. The zero-order chi connectivity index (χ0) is 13.9. The molecular weight excluding hydrogens is 248 g/mol. The summed E-state index contributed by atoms with van der Waals surface area (Å²) in [7, 11) is 0. The number of ether oxygens (including phenoxy) is 1. The van der Waals surface area contributed by atoms with E-state index in [1.807, 2.05) is 0 Å². The molecule has 0 aromatic heterocycles. The summed E-state index contributed by atoms with van der Waals surface area (Å²) in [5.41, 5.74) is 8.73. The predicted molar refractivity (Wildman–Crippen MR) is 83.3 cm³/mol. The highest BCUT2D eigenvalue weighted by Crippen LogP contribution is 2.40. The van der Waals surface area contributed by atoms with Crippen LogP contribution in [0.2, 0.25) is 0 Å². The van der Waals surface area contributed by atoms with Gasteiger partial charge >= 0.3 is 0 Å². The van der Waals surface area contributed by atoms with Gasteiger partial charge < -0.3 is 15.4 Å². The molecule has 3 rings (SSSR count). The van der Waals surface area contributed by atoms with E-state index in [-0.39, 0.29) is 0 Å². The first-order valence-corrected chi connectivity index (χ1v) is 8.00. The van der Waals surface area contributed by atoms with Crippen LogP contribution in [0.15, 0.2) is 24.3 Å². The van der Waals surface area contributed by atoms with Crippen molar-refractivity contribution >= 4 is 5.69 Å². The van der Waals surface area contributed by atoms with Crippen LogP contribution in [-0.2, 0) is 4.74 Å². The fraction of sp³-hybridized carbons (Fsp3) is 0.647. The number of benzene rings is 1. The second kappa shape index (κ2) is 6.15. The third-order valence-corrected chi connectivity index (χ3v) is 4.85. The lowest BCUT2D eigenvalue weighted by molar-refractivity contribution is 0.00491. The van der Waals surface area contributed by atoms with Crippen LogP contribution in [0, 0.1) is 0 Å². The van der Waals surface area contributed by atoms with E-state index in [0.717, 1.165) is 39.0 Å². The summed E-state index contributed by atoms with van der Waals surface area (Å²) in [6.45, 7) is 5.04. The molecule has 0 saturated carbocycles. The number of nitrogens with two attached hydrogens (primary N) is 1. The third kappa shape index (κ3) is 2.57. The number of nitrogens with zero attached hydrogens (tertiary/aromatic N) is 1. The van der Waals surface area contributed by atoms with Crippen molar-refractivity contribution in [3.05, 3.63) is 29.8 Å². The largest absolute Gasteiger partial charge is 0.378 e. The molecule has 0 aliphatic carbocycles. The van der Waals surface area contributed by atoms with Crippen LogP contribution in [0.25, 0.3) is 0 Å². The maximum atomic E-state index is 5.83. The Morgan fingerprint density at radius 3 is 3.00 bits per heavy atom. The molecule has 20 heavy (non-hydrogen) atoms. The second-order valence-electron chi connectivity index (χ2n) is 6.06. The standard InChI is InChI=1S/C17H26N2O/c1-2-15-11-14(8-10-20-15)19-12-13(7-9-18)16-5-3-4-6-17(16)19/h3-6,13-15H,2,7-12,18H2,1H3. The molecule has 3 nitrogen and oxygen atoms in total. The summed E-state index contributed by atoms with van der Waals surface area (Å²) < 4.78 is 5.83. The lowest BCUT2D eigenvalue weighted by Crippen LogP contribution is -2.42. The van der Waals surface area contributed by atoms with Gasteiger partial charge in [-0.1, -0.05) is 25.1 Å². The summed E-state index contributed by atoms with van der Waals surface area (Å²) in [5.74, 6) is 0.610. The van der Waals surface area contributed by atoms with Crippen molar-refractivity contribution in [1.82, 2.24) is 0 Å². The van der Waals surface area contributed by atoms with Crippen LogP contribution < -0.4 is 10.6 Å². The van der Waals surface area contributed by atoms with Gasteiger partial charge in [-0.25, -0.2) is 0 Å². The Labute approximate surface area is 122 Å². The first-order valence-electron chi connectivity index (χ1n) is 8.00. The zero-order valence-electron chi connectivity index (χ0n) is 12.4. The number of rotatable bonds is 4. The Morgan fingerprint density at radius 2 is 2.20 bits per heavy atom. The summed E-state index contributed by atoms with van der Waals surface area (Å²) in [6.07, 6.45) is 4.97. The summed E-state index contributed by atoms with van der Waals surface area (Å²) in [5, 5.41) is 0. The van der Waals surface area contributed by atoms with Gasteiger partial charge in [-0.15, -0.1) is 0 Å². The maximum absolute atomic E-state index is 5.83. The summed E-state index contributed by atoms with van der Waals surface area (Å²) >= 11 is 0. The Bertz CT molecular complexity index is 448. The Morgan fingerprint density at radius 1 is 1.35 bits per heavy atom. The van der Waals surface area contributed by atoms with Gasteiger partial charge in [0.15, 0.2) is 0 Å². The molecule has 3 unspecified atom stereocenters. The van der Waals surface area contributed by atoms with E-state index in [2.05, 4.69) is 36.1 Å². The van der Waals surface area contributed by atoms with Gasteiger partial charge in [-0.05, 0) is 43.9 Å². The molecule has 110 valence electrons. The van der Waals surface area contributed by atoms with Gasteiger partial charge in [0, 0.05) is 30.8 Å². The molecule has 3 atom stereocenters. The smallest absolute Gasteiger partial charge is 0.0592 e. The monoisotopic (exact) mass is 274 g/mol. The number of hydrogen-bond acceptors (Lipinski definition) is 3. The molecule has 1 fully saturated rings. The van der Waals surface area contributed by atoms with Gasteiger partial charge in [0.2, 0.25) is 0 Å². The number of hydrogen-bond donors (Lipinski definition) is 1. The minimum atomic E-state index is 0.439. The molecule has 1 aromatic carbocycles. The number of para-hydroxylation sites is 1. The molecule has 2 N–H and O–H groups in total. The molecule has 0 amide bonds. The first-order chi connectivity index (χ1) is 9.83. The third-order valence-electron chi connectivity index (χ3n) is 4.85.